The highest BCUT2D eigenvalue weighted by atomic mass is 16.4. The van der Waals surface area contributed by atoms with Gasteiger partial charge >= 0.3 is 5.97 Å². The second kappa shape index (κ2) is 6.51. The summed E-state index contributed by atoms with van der Waals surface area (Å²) in [4.78, 5) is 24.0. The summed E-state index contributed by atoms with van der Waals surface area (Å²) in [5.74, 6) is -1.12. The minimum atomic E-state index is -0.982. The van der Waals surface area contributed by atoms with Gasteiger partial charge in [-0.2, -0.15) is 5.10 Å². The molecule has 0 aliphatic carbocycles. The highest BCUT2D eigenvalue weighted by Crippen LogP contribution is 2.10. The van der Waals surface area contributed by atoms with E-state index >= 15 is 0 Å². The molecule has 0 saturated carbocycles. The molecule has 0 unspecified atom stereocenters. The van der Waals surface area contributed by atoms with Gasteiger partial charge in [-0.1, -0.05) is 24.3 Å². The van der Waals surface area contributed by atoms with Crippen LogP contribution in [0.5, 0.6) is 0 Å². The summed E-state index contributed by atoms with van der Waals surface area (Å²) in [6, 6.07) is 8.96. The van der Waals surface area contributed by atoms with Crippen LogP contribution in [0, 0.1) is 0 Å². The van der Waals surface area contributed by atoms with Crippen molar-refractivity contribution >= 4 is 18.0 Å². The van der Waals surface area contributed by atoms with Crippen LogP contribution in [0.4, 0.5) is 0 Å². The molecule has 0 saturated heterocycles. The summed E-state index contributed by atoms with van der Waals surface area (Å²) in [6.07, 6.45) is 4.14. The van der Waals surface area contributed by atoms with Crippen molar-refractivity contribution in [3.63, 3.8) is 0 Å². The quantitative estimate of drug-likeness (QED) is 0.820. The smallest absolute Gasteiger partial charge is 0.328 e. The molecule has 2 N–H and O–H groups in total. The van der Waals surface area contributed by atoms with Crippen LogP contribution in [0.3, 0.4) is 0 Å². The molecule has 0 aliphatic rings. The summed E-state index contributed by atoms with van der Waals surface area (Å²) >= 11 is 0. The van der Waals surface area contributed by atoms with Crippen LogP contribution in [-0.2, 0) is 11.3 Å². The Labute approximate surface area is 121 Å². The maximum absolute atomic E-state index is 12.0. The van der Waals surface area contributed by atoms with Gasteiger partial charge in [0.25, 0.3) is 5.91 Å². The third kappa shape index (κ3) is 4.04. The van der Waals surface area contributed by atoms with Crippen molar-refractivity contribution in [2.75, 3.05) is 7.05 Å². The van der Waals surface area contributed by atoms with E-state index in [1.807, 2.05) is 24.3 Å². The first-order valence-corrected chi connectivity index (χ1v) is 6.31. The van der Waals surface area contributed by atoms with Gasteiger partial charge in [-0.15, -0.1) is 0 Å². The molecule has 1 amide bonds. The molecule has 6 nitrogen and oxygen atoms in total. The highest BCUT2D eigenvalue weighted by Gasteiger charge is 2.12. The van der Waals surface area contributed by atoms with Gasteiger partial charge in [0.1, 0.15) is 5.69 Å². The van der Waals surface area contributed by atoms with Crippen LogP contribution in [-0.4, -0.2) is 39.1 Å². The molecule has 0 atom stereocenters. The fourth-order valence-electron chi connectivity index (χ4n) is 1.83. The van der Waals surface area contributed by atoms with Gasteiger partial charge in [-0.3, -0.25) is 9.89 Å². The molecule has 0 radical (unpaired) electrons. The molecule has 1 aromatic heterocycles. The molecule has 21 heavy (non-hydrogen) atoms. The Bertz CT molecular complexity index is 645. The first-order chi connectivity index (χ1) is 10.1. The number of hydrogen-bond acceptors (Lipinski definition) is 3. The molecule has 108 valence electrons. The lowest BCUT2D eigenvalue weighted by atomic mass is 10.1. The molecule has 0 bridgehead atoms. The standard InChI is InChI=1S/C15H15N3O3/c1-18(15(21)13-8-9-16-17-13)10-12-4-2-11(3-5-12)6-7-14(19)20/h2-9H,10H2,1H3,(H,16,17)(H,19,20). The number of hydrogen-bond donors (Lipinski definition) is 2. The molecule has 6 heteroatoms. The summed E-state index contributed by atoms with van der Waals surface area (Å²) < 4.78 is 0. The number of carbonyl (C=O) groups is 2. The maximum Gasteiger partial charge on any atom is 0.328 e. The van der Waals surface area contributed by atoms with E-state index in [9.17, 15) is 9.59 Å². The van der Waals surface area contributed by atoms with Crippen LogP contribution < -0.4 is 0 Å². The SMILES string of the molecule is CN(Cc1ccc(C=CC(=O)O)cc1)C(=O)c1ccn[nH]1. The largest absolute Gasteiger partial charge is 0.478 e. The molecule has 1 heterocycles. The lowest BCUT2D eigenvalue weighted by Gasteiger charge is -2.16. The molecule has 2 rings (SSSR count). The number of rotatable bonds is 5. The van der Waals surface area contributed by atoms with Gasteiger partial charge in [0.2, 0.25) is 0 Å². The molecule has 0 spiro atoms. The second-order valence-corrected chi connectivity index (χ2v) is 4.54. The summed E-state index contributed by atoms with van der Waals surface area (Å²) in [5.41, 5.74) is 2.19. The summed E-state index contributed by atoms with van der Waals surface area (Å²) in [5, 5.41) is 14.9. The molecule has 1 aromatic carbocycles. The minimum Gasteiger partial charge on any atom is -0.478 e. The number of benzene rings is 1. The van der Waals surface area contributed by atoms with Crippen molar-refractivity contribution in [1.82, 2.24) is 15.1 Å². The van der Waals surface area contributed by atoms with E-state index < -0.39 is 5.97 Å². The van der Waals surface area contributed by atoms with E-state index in [-0.39, 0.29) is 5.91 Å². The van der Waals surface area contributed by atoms with Crippen LogP contribution in [0.15, 0.2) is 42.6 Å². The number of nitrogens with zero attached hydrogens (tertiary/aromatic N) is 2. The lowest BCUT2D eigenvalue weighted by Crippen LogP contribution is -2.26. The van der Waals surface area contributed by atoms with Crippen LogP contribution >= 0.6 is 0 Å². The zero-order valence-electron chi connectivity index (χ0n) is 11.5. The fourth-order valence-corrected chi connectivity index (χ4v) is 1.83. The first kappa shape index (κ1) is 14.5. The number of aliphatic carboxylic acids is 1. The monoisotopic (exact) mass is 285 g/mol. The predicted molar refractivity (Wildman–Crippen MR) is 77.5 cm³/mol. The van der Waals surface area contributed by atoms with Gasteiger partial charge < -0.3 is 10.0 Å². The second-order valence-electron chi connectivity index (χ2n) is 4.54. The number of carboxylic acid groups (broad SMARTS) is 1. The Morgan fingerprint density at radius 3 is 2.57 bits per heavy atom. The Morgan fingerprint density at radius 1 is 1.29 bits per heavy atom. The topological polar surface area (TPSA) is 86.3 Å². The number of nitrogens with one attached hydrogen (secondary N) is 1. The van der Waals surface area contributed by atoms with Crippen molar-refractivity contribution in [3.05, 3.63) is 59.4 Å². The van der Waals surface area contributed by atoms with E-state index in [4.69, 9.17) is 5.11 Å². The van der Waals surface area contributed by atoms with E-state index in [0.29, 0.717) is 12.2 Å². The Kier molecular flexibility index (Phi) is 4.50. The maximum atomic E-state index is 12.0. The predicted octanol–water partition coefficient (Wildman–Crippen LogP) is 1.78. The number of aromatic nitrogens is 2. The average molecular weight is 285 g/mol. The van der Waals surface area contributed by atoms with Crippen LogP contribution in [0.2, 0.25) is 0 Å². The van der Waals surface area contributed by atoms with Crippen molar-refractivity contribution in [2.24, 2.45) is 0 Å². The molecule has 0 fully saturated rings. The highest BCUT2D eigenvalue weighted by molar-refractivity contribution is 5.91. The van der Waals surface area contributed by atoms with Crippen LogP contribution in [0.1, 0.15) is 21.6 Å². The minimum absolute atomic E-state index is 0.137. The summed E-state index contributed by atoms with van der Waals surface area (Å²) in [7, 11) is 1.71. The van der Waals surface area contributed by atoms with Crippen molar-refractivity contribution in [2.45, 2.75) is 6.54 Å². The Morgan fingerprint density at radius 2 is 2.00 bits per heavy atom. The van der Waals surface area contributed by atoms with E-state index in [1.165, 1.54) is 12.3 Å². The van der Waals surface area contributed by atoms with Crippen LogP contribution in [0.25, 0.3) is 6.08 Å². The number of H-pyrrole nitrogens is 1. The van der Waals surface area contributed by atoms with Gasteiger partial charge in [0.15, 0.2) is 0 Å². The number of carbonyl (C=O) groups excluding carboxylic acids is 1. The van der Waals surface area contributed by atoms with E-state index in [1.54, 1.807) is 18.0 Å². The lowest BCUT2D eigenvalue weighted by molar-refractivity contribution is -0.131. The molecular formula is C15H15N3O3. The van der Waals surface area contributed by atoms with Crippen molar-refractivity contribution < 1.29 is 14.7 Å². The van der Waals surface area contributed by atoms with E-state index in [0.717, 1.165) is 17.2 Å². The van der Waals surface area contributed by atoms with E-state index in [2.05, 4.69) is 10.2 Å². The van der Waals surface area contributed by atoms with Gasteiger partial charge in [0, 0.05) is 25.9 Å². The van der Waals surface area contributed by atoms with Gasteiger partial charge in [0.05, 0.1) is 0 Å². The summed E-state index contributed by atoms with van der Waals surface area (Å²) in [6.45, 7) is 0.459. The Balaban J connectivity index is 2.00. The Hall–Kier alpha value is -2.89. The third-order valence-corrected chi connectivity index (χ3v) is 2.90. The number of amides is 1. The van der Waals surface area contributed by atoms with Crippen molar-refractivity contribution in [3.8, 4) is 0 Å². The molecule has 2 aromatic rings. The number of carboxylic acids is 1. The third-order valence-electron chi connectivity index (χ3n) is 2.90. The van der Waals surface area contributed by atoms with Gasteiger partial charge in [-0.25, -0.2) is 4.79 Å². The number of aromatic amines is 1. The average Bonchev–Trinajstić information content (AvgIpc) is 2.99. The molecule has 0 aliphatic heterocycles. The fraction of sp³-hybridized carbons (Fsp3) is 0.133. The van der Waals surface area contributed by atoms with Gasteiger partial charge in [-0.05, 0) is 23.3 Å². The zero-order valence-corrected chi connectivity index (χ0v) is 11.5. The normalized spacial score (nSPS) is 10.7. The first-order valence-electron chi connectivity index (χ1n) is 6.31. The molecular weight excluding hydrogens is 270 g/mol. The zero-order chi connectivity index (χ0) is 15.2. The van der Waals surface area contributed by atoms with Crippen molar-refractivity contribution in [1.29, 1.82) is 0 Å².